The van der Waals surface area contributed by atoms with Gasteiger partial charge in [-0.25, -0.2) is 18.0 Å². The second-order valence-corrected chi connectivity index (χ2v) is 9.68. The molecule has 1 aliphatic rings. The third-order valence-corrected chi connectivity index (χ3v) is 6.63. The lowest BCUT2D eigenvalue weighted by molar-refractivity contribution is -0.192. The molecular weight excluding hydrogens is 509 g/mol. The summed E-state index contributed by atoms with van der Waals surface area (Å²) < 4.78 is 57.6. The smallest absolute Gasteiger partial charge is 0.478 e. The summed E-state index contributed by atoms with van der Waals surface area (Å²) >= 11 is 0. The number of sulfonamides is 1. The number of aromatic carboxylic acids is 1. The zero-order chi connectivity index (χ0) is 27.7. The van der Waals surface area contributed by atoms with Crippen molar-refractivity contribution >= 4 is 39.2 Å². The molecule has 1 heterocycles. The summed E-state index contributed by atoms with van der Waals surface area (Å²) in [4.78, 5) is 38.7. The fraction of sp³-hybridized carbons (Fsp3) is 0.571. The SMILES string of the molecule is CCN(CC)C(=O)CN1CCN(c2ccc(NS(=O)(=O)CC)c(C(=O)O)c2)CC1.O=C(O)C(F)(F)F. The minimum Gasteiger partial charge on any atom is -0.478 e. The van der Waals surface area contributed by atoms with E-state index >= 15 is 0 Å². The maximum atomic E-state index is 12.3. The molecule has 0 bridgehead atoms. The lowest BCUT2D eigenvalue weighted by atomic mass is 10.1. The lowest BCUT2D eigenvalue weighted by Crippen LogP contribution is -2.50. The van der Waals surface area contributed by atoms with Crippen molar-refractivity contribution in [2.24, 2.45) is 0 Å². The van der Waals surface area contributed by atoms with Crippen molar-refractivity contribution in [3.63, 3.8) is 0 Å². The first-order chi connectivity index (χ1) is 16.6. The van der Waals surface area contributed by atoms with Crippen molar-refractivity contribution in [2.45, 2.75) is 26.9 Å². The summed E-state index contributed by atoms with van der Waals surface area (Å²) in [6.07, 6.45) is -5.08. The number of rotatable bonds is 9. The zero-order valence-corrected chi connectivity index (χ0v) is 21.0. The first-order valence-corrected chi connectivity index (χ1v) is 12.7. The fourth-order valence-corrected chi connectivity index (χ4v) is 3.92. The highest BCUT2D eigenvalue weighted by Crippen LogP contribution is 2.25. The van der Waals surface area contributed by atoms with Crippen LogP contribution in [0.15, 0.2) is 18.2 Å². The number of hydrogen-bond acceptors (Lipinski definition) is 7. The van der Waals surface area contributed by atoms with Gasteiger partial charge in [-0.15, -0.1) is 0 Å². The number of carboxylic acids is 2. The van der Waals surface area contributed by atoms with Crippen molar-refractivity contribution in [2.75, 3.05) is 61.2 Å². The van der Waals surface area contributed by atoms with E-state index in [0.717, 1.165) is 5.69 Å². The summed E-state index contributed by atoms with van der Waals surface area (Å²) in [5.74, 6) is -3.97. The van der Waals surface area contributed by atoms with E-state index in [1.165, 1.54) is 19.1 Å². The minimum atomic E-state index is -5.08. The summed E-state index contributed by atoms with van der Waals surface area (Å²) in [7, 11) is -3.57. The maximum Gasteiger partial charge on any atom is 0.490 e. The molecule has 0 atom stereocenters. The Morgan fingerprint density at radius 1 is 1.03 bits per heavy atom. The second-order valence-electron chi connectivity index (χ2n) is 7.67. The second kappa shape index (κ2) is 13.3. The van der Waals surface area contributed by atoms with Gasteiger partial charge in [-0.1, -0.05) is 0 Å². The van der Waals surface area contributed by atoms with Crippen molar-refractivity contribution < 1.29 is 46.2 Å². The topological polar surface area (TPSA) is 148 Å². The molecule has 0 saturated carbocycles. The Labute approximate surface area is 207 Å². The molecular formula is C21H31F3N4O7S. The highest BCUT2D eigenvalue weighted by atomic mass is 32.2. The molecule has 15 heteroatoms. The number of aliphatic carboxylic acids is 1. The highest BCUT2D eigenvalue weighted by Gasteiger charge is 2.38. The minimum absolute atomic E-state index is 0.0616. The van der Waals surface area contributed by atoms with Crippen molar-refractivity contribution in [3.8, 4) is 0 Å². The molecule has 1 fully saturated rings. The molecule has 1 aliphatic heterocycles. The molecule has 204 valence electrons. The van der Waals surface area contributed by atoms with Gasteiger partial charge in [0.1, 0.15) is 0 Å². The Hall–Kier alpha value is -3.07. The van der Waals surface area contributed by atoms with Gasteiger partial charge >= 0.3 is 18.1 Å². The van der Waals surface area contributed by atoms with Crippen LogP contribution in [0.25, 0.3) is 0 Å². The fourth-order valence-electron chi connectivity index (χ4n) is 3.27. The molecule has 36 heavy (non-hydrogen) atoms. The van der Waals surface area contributed by atoms with Crippen LogP contribution in [0, 0.1) is 0 Å². The van der Waals surface area contributed by atoms with Crippen LogP contribution in [0.1, 0.15) is 31.1 Å². The monoisotopic (exact) mass is 540 g/mol. The number of likely N-dealkylation sites (N-methyl/N-ethyl adjacent to an activating group) is 1. The number of anilines is 2. The van der Waals surface area contributed by atoms with E-state index in [2.05, 4.69) is 9.62 Å². The number of nitrogens with zero attached hydrogens (tertiary/aromatic N) is 3. The van der Waals surface area contributed by atoms with Crippen LogP contribution in [0.3, 0.4) is 0 Å². The highest BCUT2D eigenvalue weighted by molar-refractivity contribution is 7.92. The Morgan fingerprint density at radius 2 is 1.56 bits per heavy atom. The number of nitrogens with one attached hydrogen (secondary N) is 1. The zero-order valence-electron chi connectivity index (χ0n) is 20.2. The molecule has 1 saturated heterocycles. The molecule has 0 unspecified atom stereocenters. The third-order valence-electron chi connectivity index (χ3n) is 5.33. The third kappa shape index (κ3) is 9.53. The summed E-state index contributed by atoms with van der Waals surface area (Å²) in [5.41, 5.74) is 0.696. The van der Waals surface area contributed by atoms with E-state index in [1.807, 2.05) is 23.6 Å². The predicted octanol–water partition coefficient (Wildman–Crippen LogP) is 1.77. The summed E-state index contributed by atoms with van der Waals surface area (Å²) in [5, 5.41) is 16.6. The number of alkyl halides is 3. The van der Waals surface area contributed by atoms with E-state index in [-0.39, 0.29) is 22.9 Å². The first-order valence-electron chi connectivity index (χ1n) is 11.1. The van der Waals surface area contributed by atoms with Gasteiger partial charge < -0.3 is 20.0 Å². The lowest BCUT2D eigenvalue weighted by Gasteiger charge is -2.36. The molecule has 0 spiro atoms. The average molecular weight is 541 g/mol. The molecule has 11 nitrogen and oxygen atoms in total. The molecule has 2 rings (SSSR count). The number of amides is 1. The number of carbonyl (C=O) groups is 3. The summed E-state index contributed by atoms with van der Waals surface area (Å²) in [6, 6.07) is 4.70. The molecule has 1 aromatic rings. The Bertz CT molecular complexity index is 1020. The standard InChI is InChI=1S/C19H30N4O5S.C2HF3O2/c1-4-22(5-2)18(24)14-21-9-11-23(12-10-21)15-7-8-17(16(13-15)19(25)26)20-29(27,28)6-3;3-2(4,5)1(6)7/h7-8,13,20H,4-6,9-12,14H2,1-3H3,(H,25,26);(H,6,7). The van der Waals surface area contributed by atoms with Gasteiger partial charge in [-0.2, -0.15) is 13.2 Å². The van der Waals surface area contributed by atoms with Crippen LogP contribution in [-0.2, 0) is 19.6 Å². The Morgan fingerprint density at radius 3 is 1.97 bits per heavy atom. The van der Waals surface area contributed by atoms with E-state index in [1.54, 1.807) is 6.07 Å². The van der Waals surface area contributed by atoms with Crippen LogP contribution >= 0.6 is 0 Å². The van der Waals surface area contributed by atoms with E-state index in [9.17, 15) is 36.3 Å². The number of halogens is 3. The Kier molecular flexibility index (Phi) is 11.4. The number of carboxylic acid groups (broad SMARTS) is 2. The largest absolute Gasteiger partial charge is 0.490 e. The predicted molar refractivity (Wildman–Crippen MR) is 127 cm³/mol. The maximum absolute atomic E-state index is 12.3. The molecule has 1 amide bonds. The average Bonchev–Trinajstić information content (AvgIpc) is 2.80. The van der Waals surface area contributed by atoms with Crippen molar-refractivity contribution in [3.05, 3.63) is 23.8 Å². The van der Waals surface area contributed by atoms with E-state index in [4.69, 9.17) is 9.90 Å². The van der Waals surface area contributed by atoms with E-state index < -0.39 is 28.1 Å². The number of piperazine rings is 1. The van der Waals surface area contributed by atoms with Crippen LogP contribution < -0.4 is 9.62 Å². The Balaban J connectivity index is 0.000000809. The molecule has 3 N–H and O–H groups in total. The number of carbonyl (C=O) groups excluding carboxylic acids is 1. The summed E-state index contributed by atoms with van der Waals surface area (Å²) in [6.45, 7) is 9.89. The van der Waals surface area contributed by atoms with Crippen molar-refractivity contribution in [1.82, 2.24) is 9.80 Å². The van der Waals surface area contributed by atoms with Gasteiger partial charge in [0.2, 0.25) is 15.9 Å². The molecule has 1 aromatic carbocycles. The van der Waals surface area contributed by atoms with Gasteiger partial charge in [0.05, 0.1) is 23.5 Å². The molecule has 0 aliphatic carbocycles. The van der Waals surface area contributed by atoms with Crippen LogP contribution in [0.5, 0.6) is 0 Å². The first kappa shape index (κ1) is 31.0. The van der Waals surface area contributed by atoms with Crippen LogP contribution in [0.4, 0.5) is 24.5 Å². The number of hydrogen-bond donors (Lipinski definition) is 3. The van der Waals surface area contributed by atoms with Crippen LogP contribution in [0.2, 0.25) is 0 Å². The van der Waals surface area contributed by atoms with Crippen molar-refractivity contribution in [1.29, 1.82) is 0 Å². The quantitative estimate of drug-likeness (QED) is 0.426. The number of benzene rings is 1. The molecule has 0 radical (unpaired) electrons. The van der Waals surface area contributed by atoms with Gasteiger partial charge in [0.15, 0.2) is 0 Å². The van der Waals surface area contributed by atoms with Crippen LogP contribution in [-0.4, -0.2) is 104 Å². The van der Waals surface area contributed by atoms with Gasteiger partial charge in [-0.05, 0) is 39.0 Å². The molecule has 0 aromatic heterocycles. The van der Waals surface area contributed by atoms with Gasteiger partial charge in [0, 0.05) is 45.0 Å². The normalized spacial score (nSPS) is 14.4. The van der Waals surface area contributed by atoms with Gasteiger partial charge in [0.25, 0.3) is 0 Å². The van der Waals surface area contributed by atoms with E-state index in [0.29, 0.717) is 45.8 Å². The van der Waals surface area contributed by atoms with Gasteiger partial charge in [-0.3, -0.25) is 14.4 Å².